The molecule has 0 fully saturated rings. The third-order valence-corrected chi connectivity index (χ3v) is 10.6. The van der Waals surface area contributed by atoms with Crippen LogP contribution in [0.2, 0.25) is 0 Å². The molecule has 7 aromatic carbocycles. The van der Waals surface area contributed by atoms with E-state index in [0.717, 1.165) is 45.2 Å². The lowest BCUT2D eigenvalue weighted by molar-refractivity contribution is 0.658. The van der Waals surface area contributed by atoms with Crippen molar-refractivity contribution in [1.82, 2.24) is 14.5 Å². The van der Waals surface area contributed by atoms with Gasteiger partial charge in [-0.15, -0.1) is 0 Å². The summed E-state index contributed by atoms with van der Waals surface area (Å²) in [7, 11) is 0. The molecule has 0 saturated carbocycles. The Labute approximate surface area is 291 Å². The molecular weight excluding hydrogens is 607 g/mol. The van der Waals surface area contributed by atoms with Crippen molar-refractivity contribution < 1.29 is 0 Å². The molecular formula is C47H33N3. The molecule has 0 bridgehead atoms. The van der Waals surface area contributed by atoms with Crippen LogP contribution in [-0.2, 0) is 5.41 Å². The van der Waals surface area contributed by atoms with Crippen LogP contribution in [0.5, 0.6) is 0 Å². The van der Waals surface area contributed by atoms with Crippen LogP contribution in [0.3, 0.4) is 0 Å². The molecule has 2 aromatic heterocycles. The van der Waals surface area contributed by atoms with E-state index in [4.69, 9.17) is 9.97 Å². The largest absolute Gasteiger partial charge is 0.309 e. The molecule has 1 aliphatic carbocycles. The molecule has 0 N–H and O–H groups in total. The number of rotatable bonds is 4. The van der Waals surface area contributed by atoms with Gasteiger partial charge in [0.15, 0.2) is 5.82 Å². The minimum atomic E-state index is -0.244. The average Bonchev–Trinajstić information content (AvgIpc) is 3.64. The standard InChI is InChI=1S/C47H33N3/c1-47(2)40-24-10-8-23-39(40)44-42(47)43(48-46(49-44)31-15-4-3-5-16-31)34-19-12-17-32(28-34)33-18-13-20-35(29-33)50-41-25-11-9-22-37(41)38-27-26-30-14-6-7-21-36(30)45(38)50/h3-29H,1-2H3. The highest BCUT2D eigenvalue weighted by molar-refractivity contribution is 6.18. The van der Waals surface area contributed by atoms with Crippen LogP contribution < -0.4 is 0 Å². The Kier molecular flexibility index (Phi) is 6.22. The third-order valence-electron chi connectivity index (χ3n) is 10.6. The van der Waals surface area contributed by atoms with E-state index in [-0.39, 0.29) is 5.41 Å². The van der Waals surface area contributed by atoms with Crippen LogP contribution in [0.25, 0.3) is 83.3 Å². The lowest BCUT2D eigenvalue weighted by Crippen LogP contribution is -2.17. The van der Waals surface area contributed by atoms with E-state index in [1.165, 1.54) is 49.3 Å². The molecule has 3 heteroatoms. The fourth-order valence-electron chi connectivity index (χ4n) is 8.21. The number of hydrogen-bond acceptors (Lipinski definition) is 2. The highest BCUT2D eigenvalue weighted by atomic mass is 15.0. The Hall–Kier alpha value is -6.32. The van der Waals surface area contributed by atoms with Crippen molar-refractivity contribution >= 4 is 32.6 Å². The van der Waals surface area contributed by atoms with Crippen LogP contribution in [0.4, 0.5) is 0 Å². The summed E-state index contributed by atoms with van der Waals surface area (Å²) in [6, 6.07) is 58.8. The summed E-state index contributed by atoms with van der Waals surface area (Å²) in [6.07, 6.45) is 0. The Morgan fingerprint density at radius 1 is 0.480 bits per heavy atom. The minimum Gasteiger partial charge on any atom is -0.309 e. The van der Waals surface area contributed by atoms with Crippen LogP contribution >= 0.6 is 0 Å². The molecule has 0 spiro atoms. The zero-order valence-electron chi connectivity index (χ0n) is 27.9. The van der Waals surface area contributed by atoms with Crippen molar-refractivity contribution in [3.63, 3.8) is 0 Å². The van der Waals surface area contributed by atoms with Crippen LogP contribution in [-0.4, -0.2) is 14.5 Å². The number of para-hydroxylation sites is 1. The van der Waals surface area contributed by atoms with Gasteiger partial charge in [0.1, 0.15) is 0 Å². The van der Waals surface area contributed by atoms with Crippen molar-refractivity contribution in [1.29, 1.82) is 0 Å². The summed E-state index contributed by atoms with van der Waals surface area (Å²) in [5.74, 6) is 0.748. The topological polar surface area (TPSA) is 30.7 Å². The molecule has 236 valence electrons. The van der Waals surface area contributed by atoms with Crippen molar-refractivity contribution in [2.24, 2.45) is 0 Å². The quantitative estimate of drug-likeness (QED) is 0.192. The van der Waals surface area contributed by atoms with Crippen LogP contribution in [0.1, 0.15) is 25.0 Å². The Balaban J connectivity index is 1.17. The Bertz CT molecular complexity index is 2790. The van der Waals surface area contributed by atoms with Crippen molar-refractivity contribution in [2.75, 3.05) is 0 Å². The maximum absolute atomic E-state index is 5.34. The number of nitrogens with zero attached hydrogens (tertiary/aromatic N) is 3. The van der Waals surface area contributed by atoms with Gasteiger partial charge in [0.25, 0.3) is 0 Å². The van der Waals surface area contributed by atoms with Gasteiger partial charge in [-0.05, 0) is 46.3 Å². The molecule has 0 amide bonds. The number of aromatic nitrogens is 3. The van der Waals surface area contributed by atoms with Gasteiger partial charge in [-0.3, -0.25) is 0 Å². The molecule has 0 radical (unpaired) electrons. The number of benzene rings is 7. The van der Waals surface area contributed by atoms with E-state index in [1.807, 2.05) is 6.07 Å². The van der Waals surface area contributed by atoms with Gasteiger partial charge >= 0.3 is 0 Å². The molecule has 9 aromatic rings. The summed E-state index contributed by atoms with van der Waals surface area (Å²) < 4.78 is 2.43. The molecule has 2 heterocycles. The second kappa shape index (κ2) is 10.8. The van der Waals surface area contributed by atoms with Gasteiger partial charge in [-0.25, -0.2) is 9.97 Å². The Morgan fingerprint density at radius 3 is 2.02 bits per heavy atom. The Morgan fingerprint density at radius 2 is 1.14 bits per heavy atom. The molecule has 10 rings (SSSR count). The number of fused-ring (bicyclic) bond motifs is 8. The van der Waals surface area contributed by atoms with Gasteiger partial charge in [0.2, 0.25) is 0 Å². The maximum Gasteiger partial charge on any atom is 0.160 e. The third kappa shape index (κ3) is 4.23. The van der Waals surface area contributed by atoms with Gasteiger partial charge in [0, 0.05) is 49.5 Å². The minimum absolute atomic E-state index is 0.244. The molecule has 0 aliphatic heterocycles. The van der Waals surface area contributed by atoms with Gasteiger partial charge in [-0.2, -0.15) is 0 Å². The summed E-state index contributed by atoms with van der Waals surface area (Å²) in [4.78, 5) is 10.6. The van der Waals surface area contributed by atoms with Gasteiger partial charge < -0.3 is 4.57 Å². The molecule has 1 aliphatic rings. The fraction of sp³-hybridized carbons (Fsp3) is 0.0638. The zero-order chi connectivity index (χ0) is 33.4. The zero-order valence-corrected chi connectivity index (χ0v) is 27.9. The van der Waals surface area contributed by atoms with E-state index in [9.17, 15) is 0 Å². The van der Waals surface area contributed by atoms with Crippen LogP contribution in [0.15, 0.2) is 164 Å². The predicted octanol–water partition coefficient (Wildman–Crippen LogP) is 12.0. The second-order valence-electron chi connectivity index (χ2n) is 13.8. The van der Waals surface area contributed by atoms with E-state index in [2.05, 4.69) is 176 Å². The van der Waals surface area contributed by atoms with E-state index in [0.29, 0.717) is 0 Å². The molecule has 0 saturated heterocycles. The fourth-order valence-corrected chi connectivity index (χ4v) is 8.21. The summed E-state index contributed by atoms with van der Waals surface area (Å²) in [5.41, 5.74) is 13.4. The highest BCUT2D eigenvalue weighted by Crippen LogP contribution is 2.51. The smallest absolute Gasteiger partial charge is 0.160 e. The molecule has 0 unspecified atom stereocenters. The second-order valence-corrected chi connectivity index (χ2v) is 13.8. The normalized spacial score (nSPS) is 13.2. The summed E-state index contributed by atoms with van der Waals surface area (Å²) in [6.45, 7) is 4.60. The SMILES string of the molecule is CC1(C)c2ccccc2-c2nc(-c3ccccc3)nc(-c3cccc(-c4cccc(-n5c6ccccc6c6ccc7ccccc7c65)c4)c3)c21. The lowest BCUT2D eigenvalue weighted by Gasteiger charge is -2.24. The first-order chi connectivity index (χ1) is 24.6. The number of hydrogen-bond donors (Lipinski definition) is 0. The first-order valence-electron chi connectivity index (χ1n) is 17.3. The van der Waals surface area contributed by atoms with Crippen LogP contribution in [0, 0.1) is 0 Å². The molecule has 3 nitrogen and oxygen atoms in total. The van der Waals surface area contributed by atoms with Gasteiger partial charge in [0.05, 0.1) is 22.4 Å². The average molecular weight is 640 g/mol. The molecule has 50 heavy (non-hydrogen) atoms. The highest BCUT2D eigenvalue weighted by Gasteiger charge is 2.40. The summed E-state index contributed by atoms with van der Waals surface area (Å²) in [5, 5.41) is 5.02. The first-order valence-corrected chi connectivity index (χ1v) is 17.3. The van der Waals surface area contributed by atoms with Crippen molar-refractivity contribution in [3.8, 4) is 50.7 Å². The van der Waals surface area contributed by atoms with E-state index >= 15 is 0 Å². The van der Waals surface area contributed by atoms with Gasteiger partial charge in [-0.1, -0.05) is 153 Å². The van der Waals surface area contributed by atoms with E-state index < -0.39 is 0 Å². The van der Waals surface area contributed by atoms with E-state index in [1.54, 1.807) is 0 Å². The molecule has 0 atom stereocenters. The first kappa shape index (κ1) is 28.7. The van der Waals surface area contributed by atoms with Crippen molar-refractivity contribution in [2.45, 2.75) is 19.3 Å². The van der Waals surface area contributed by atoms with Crippen molar-refractivity contribution in [3.05, 3.63) is 175 Å². The maximum atomic E-state index is 5.34. The lowest BCUT2D eigenvalue weighted by atomic mass is 9.80. The monoisotopic (exact) mass is 639 g/mol. The summed E-state index contributed by atoms with van der Waals surface area (Å²) >= 11 is 0. The predicted molar refractivity (Wildman–Crippen MR) is 208 cm³/mol.